The first-order valence-corrected chi connectivity index (χ1v) is 10.3. The van der Waals surface area contributed by atoms with E-state index in [1.807, 2.05) is 0 Å². The highest BCUT2D eigenvalue weighted by molar-refractivity contribution is 5.99. The second-order valence-electron chi connectivity index (χ2n) is 7.94. The van der Waals surface area contributed by atoms with Gasteiger partial charge in [0.05, 0.1) is 12.2 Å². The van der Waals surface area contributed by atoms with Crippen LogP contribution in [0.1, 0.15) is 51.5 Å². The van der Waals surface area contributed by atoms with Gasteiger partial charge in [0.25, 0.3) is 11.8 Å². The fourth-order valence-electron chi connectivity index (χ4n) is 4.09. The van der Waals surface area contributed by atoms with Crippen LogP contribution in [0, 0.1) is 5.82 Å². The number of aliphatic hydroxyl groups excluding tert-OH is 1. The number of benzene rings is 2. The van der Waals surface area contributed by atoms with Crippen molar-refractivity contribution in [3.63, 3.8) is 0 Å². The van der Waals surface area contributed by atoms with E-state index in [9.17, 15) is 23.1 Å². The molecule has 1 aliphatic heterocycles. The molecular weight excluding hydrogens is 451 g/mol. The highest BCUT2D eigenvalue weighted by Gasteiger charge is 2.38. The number of aryl methyl sites for hydroxylation is 1. The molecule has 0 spiro atoms. The summed E-state index contributed by atoms with van der Waals surface area (Å²) in [6, 6.07) is 9.39. The summed E-state index contributed by atoms with van der Waals surface area (Å²) >= 11 is 0. The molecule has 0 aliphatic carbocycles. The van der Waals surface area contributed by atoms with Crippen LogP contribution < -0.4 is 0 Å². The van der Waals surface area contributed by atoms with E-state index in [0.29, 0.717) is 27.8 Å². The van der Waals surface area contributed by atoms with E-state index in [1.54, 1.807) is 36.3 Å². The standard InChI is InChI=1S/C23H18F3N5O3/c1-30-10-15(9-27-30)18(19(32)12-4-6-16(24)7-5-12)31-11-14-3-2-13(8-17(14)23(31)33)21-28-29-22(34-21)20(25)26/h2-10,18-20,32H,11H2,1H3/t18-,19+/m1/s1. The SMILES string of the molecule is Cn1cc([C@H]([C@@H](O)c2ccc(F)cc2)N2Cc3ccc(-c4nnc(C(F)F)o4)cc3C2=O)cn1. The molecule has 0 saturated carbocycles. The quantitative estimate of drug-likeness (QED) is 0.459. The monoisotopic (exact) mass is 469 g/mol. The molecule has 174 valence electrons. The molecule has 34 heavy (non-hydrogen) atoms. The Bertz CT molecular complexity index is 1350. The van der Waals surface area contributed by atoms with E-state index in [1.165, 1.54) is 35.2 Å². The highest BCUT2D eigenvalue weighted by Crippen LogP contribution is 2.40. The minimum Gasteiger partial charge on any atom is -0.415 e. The maximum absolute atomic E-state index is 13.4. The Labute approximate surface area is 191 Å². The molecule has 0 radical (unpaired) electrons. The molecule has 0 fully saturated rings. The van der Waals surface area contributed by atoms with Crippen LogP contribution in [0.3, 0.4) is 0 Å². The average molecular weight is 469 g/mol. The Kier molecular flexibility index (Phi) is 5.40. The zero-order valence-corrected chi connectivity index (χ0v) is 17.8. The molecule has 0 bridgehead atoms. The molecule has 5 rings (SSSR count). The third-order valence-corrected chi connectivity index (χ3v) is 5.73. The predicted octanol–water partition coefficient (Wildman–Crippen LogP) is 3.98. The van der Waals surface area contributed by atoms with E-state index in [4.69, 9.17) is 4.42 Å². The zero-order chi connectivity index (χ0) is 24.0. The molecule has 2 aromatic carbocycles. The van der Waals surface area contributed by atoms with Gasteiger partial charge in [0.15, 0.2) is 0 Å². The summed E-state index contributed by atoms with van der Waals surface area (Å²) in [7, 11) is 1.72. The molecule has 1 N–H and O–H groups in total. The van der Waals surface area contributed by atoms with Gasteiger partial charge in [-0.05, 0) is 35.4 Å². The van der Waals surface area contributed by atoms with Gasteiger partial charge in [0.2, 0.25) is 5.89 Å². The number of carbonyl (C=O) groups excluding carboxylic acids is 1. The van der Waals surface area contributed by atoms with Crippen molar-refractivity contribution >= 4 is 5.91 Å². The van der Waals surface area contributed by atoms with Crippen LogP contribution in [0.15, 0.2) is 59.3 Å². The summed E-state index contributed by atoms with van der Waals surface area (Å²) in [5, 5.41) is 22.3. The normalized spacial score (nSPS) is 15.1. The summed E-state index contributed by atoms with van der Waals surface area (Å²) in [5.74, 6) is -1.75. The predicted molar refractivity (Wildman–Crippen MR) is 112 cm³/mol. The number of rotatable bonds is 6. The van der Waals surface area contributed by atoms with Crippen molar-refractivity contribution in [2.45, 2.75) is 25.1 Å². The molecule has 4 aromatic rings. The van der Waals surface area contributed by atoms with Gasteiger partial charge in [-0.3, -0.25) is 9.48 Å². The van der Waals surface area contributed by atoms with Crippen molar-refractivity contribution in [3.05, 3.63) is 88.8 Å². The second kappa shape index (κ2) is 8.41. The molecule has 8 nitrogen and oxygen atoms in total. The van der Waals surface area contributed by atoms with Crippen molar-refractivity contribution in [1.82, 2.24) is 24.9 Å². The van der Waals surface area contributed by atoms with Gasteiger partial charge < -0.3 is 14.4 Å². The Morgan fingerprint density at radius 3 is 2.50 bits per heavy atom. The average Bonchev–Trinajstić information content (AvgIpc) is 3.55. The number of hydrogen-bond donors (Lipinski definition) is 1. The fraction of sp³-hybridized carbons (Fsp3) is 0.217. The molecule has 2 atom stereocenters. The first-order chi connectivity index (χ1) is 16.3. The van der Waals surface area contributed by atoms with Gasteiger partial charge in [-0.2, -0.15) is 13.9 Å². The van der Waals surface area contributed by atoms with Crippen molar-refractivity contribution < 1.29 is 27.5 Å². The first kappa shape index (κ1) is 21.8. The number of aromatic nitrogens is 4. The minimum absolute atomic E-state index is 0.125. The van der Waals surface area contributed by atoms with Gasteiger partial charge in [-0.15, -0.1) is 10.2 Å². The molecule has 3 heterocycles. The first-order valence-electron chi connectivity index (χ1n) is 10.3. The largest absolute Gasteiger partial charge is 0.415 e. The lowest BCUT2D eigenvalue weighted by molar-refractivity contribution is 0.0360. The van der Waals surface area contributed by atoms with E-state index >= 15 is 0 Å². The van der Waals surface area contributed by atoms with Crippen LogP contribution >= 0.6 is 0 Å². The van der Waals surface area contributed by atoms with E-state index < -0.39 is 30.3 Å². The lowest BCUT2D eigenvalue weighted by Crippen LogP contribution is -2.33. The molecule has 0 saturated heterocycles. The summed E-state index contributed by atoms with van der Waals surface area (Å²) in [5.41, 5.74) is 2.37. The van der Waals surface area contributed by atoms with Crippen molar-refractivity contribution in [1.29, 1.82) is 0 Å². The number of aliphatic hydroxyl groups is 1. The van der Waals surface area contributed by atoms with Crippen LogP contribution in [-0.2, 0) is 13.6 Å². The van der Waals surface area contributed by atoms with Crippen LogP contribution in [0.2, 0.25) is 0 Å². The Hall–Kier alpha value is -3.99. The van der Waals surface area contributed by atoms with Gasteiger partial charge in [0.1, 0.15) is 11.9 Å². The molecule has 1 amide bonds. The summed E-state index contributed by atoms with van der Waals surface area (Å²) in [4.78, 5) is 14.9. The van der Waals surface area contributed by atoms with E-state index in [2.05, 4.69) is 15.3 Å². The fourth-order valence-corrected chi connectivity index (χ4v) is 4.09. The van der Waals surface area contributed by atoms with Crippen LogP contribution in [0.25, 0.3) is 11.5 Å². The lowest BCUT2D eigenvalue weighted by atomic mass is 9.96. The van der Waals surface area contributed by atoms with Crippen molar-refractivity contribution in [2.24, 2.45) is 7.05 Å². The molecule has 11 heteroatoms. The van der Waals surface area contributed by atoms with Crippen LogP contribution in [0.5, 0.6) is 0 Å². The van der Waals surface area contributed by atoms with Crippen molar-refractivity contribution in [3.8, 4) is 11.5 Å². The number of carbonyl (C=O) groups is 1. The van der Waals surface area contributed by atoms with E-state index in [0.717, 1.165) is 0 Å². The van der Waals surface area contributed by atoms with Crippen molar-refractivity contribution in [2.75, 3.05) is 0 Å². The maximum Gasteiger partial charge on any atom is 0.314 e. The number of halogens is 3. The maximum atomic E-state index is 13.4. The molecule has 2 aromatic heterocycles. The molecule has 0 unspecified atom stereocenters. The topological polar surface area (TPSA) is 97.3 Å². The third kappa shape index (κ3) is 3.83. The Balaban J connectivity index is 1.50. The number of fused-ring (bicyclic) bond motifs is 1. The Morgan fingerprint density at radius 2 is 1.85 bits per heavy atom. The number of hydrogen-bond acceptors (Lipinski definition) is 6. The van der Waals surface area contributed by atoms with Gasteiger partial charge in [-0.25, -0.2) is 4.39 Å². The minimum atomic E-state index is -2.90. The molecular formula is C23H18F3N5O3. The lowest BCUT2D eigenvalue weighted by Gasteiger charge is -2.31. The van der Waals surface area contributed by atoms with Gasteiger partial charge >= 0.3 is 6.43 Å². The van der Waals surface area contributed by atoms with E-state index in [-0.39, 0.29) is 18.3 Å². The second-order valence-corrected chi connectivity index (χ2v) is 7.94. The number of amides is 1. The smallest absolute Gasteiger partial charge is 0.314 e. The zero-order valence-electron chi connectivity index (χ0n) is 17.8. The van der Waals surface area contributed by atoms with Crippen LogP contribution in [0.4, 0.5) is 13.2 Å². The summed E-state index contributed by atoms with van der Waals surface area (Å²) < 4.78 is 45.6. The molecule has 1 aliphatic rings. The summed E-state index contributed by atoms with van der Waals surface area (Å²) in [6.45, 7) is 0.193. The highest BCUT2D eigenvalue weighted by atomic mass is 19.3. The van der Waals surface area contributed by atoms with Crippen LogP contribution in [-0.4, -0.2) is 35.9 Å². The number of nitrogens with zero attached hydrogens (tertiary/aromatic N) is 5. The Morgan fingerprint density at radius 1 is 1.09 bits per heavy atom. The van der Waals surface area contributed by atoms with Gasteiger partial charge in [0, 0.05) is 36.5 Å². The van der Waals surface area contributed by atoms with Gasteiger partial charge in [-0.1, -0.05) is 18.2 Å². The third-order valence-electron chi connectivity index (χ3n) is 5.73. The number of alkyl halides is 2. The summed E-state index contributed by atoms with van der Waals surface area (Å²) in [6.07, 6.45) is -0.805.